The molecule has 0 aliphatic carbocycles. The Balaban J connectivity index is 2.46. The van der Waals surface area contributed by atoms with E-state index in [1.165, 1.54) is 4.90 Å². The Morgan fingerprint density at radius 1 is 0.950 bits per heavy atom. The highest BCUT2D eigenvalue weighted by Gasteiger charge is 2.32. The zero-order valence-electron chi connectivity index (χ0n) is 24.3. The average Bonchev–Trinajstić information content (AvgIpc) is 2.90. The van der Waals surface area contributed by atoms with Crippen molar-refractivity contribution in [3.05, 3.63) is 29.8 Å². The molecule has 4 atom stereocenters. The van der Waals surface area contributed by atoms with Crippen LogP contribution in [0.15, 0.2) is 24.3 Å². The summed E-state index contributed by atoms with van der Waals surface area (Å²) < 4.78 is 5.20. The Morgan fingerprint density at radius 2 is 1.57 bits per heavy atom. The number of hydrogen-bond acceptors (Lipinski definition) is 7. The molecule has 1 aromatic rings. The van der Waals surface area contributed by atoms with E-state index < -0.39 is 53.7 Å². The number of carbonyl (C=O) groups excluding carboxylic acids is 5. The summed E-state index contributed by atoms with van der Waals surface area (Å²) in [4.78, 5) is 66.8. The van der Waals surface area contributed by atoms with E-state index in [0.717, 1.165) is 5.56 Å². The number of ether oxygens (including phenoxy) is 1. The van der Waals surface area contributed by atoms with Gasteiger partial charge in [-0.1, -0.05) is 39.8 Å². The molecular weight excluding hydrogens is 516 g/mol. The number of carbonyl (C=O) groups is 5. The van der Waals surface area contributed by atoms with Gasteiger partial charge in [-0.15, -0.1) is 0 Å². The van der Waals surface area contributed by atoms with Gasteiger partial charge in [0, 0.05) is 19.0 Å². The highest BCUT2D eigenvalue weighted by Crippen LogP contribution is 2.14. The van der Waals surface area contributed by atoms with Gasteiger partial charge in [0.2, 0.25) is 29.5 Å². The molecule has 6 N–H and O–H groups in total. The molecule has 0 unspecified atom stereocenters. The number of methoxy groups -OCH3 is 1. The largest absolute Gasteiger partial charge is 0.497 e. The molecule has 12 nitrogen and oxygen atoms in total. The standard InChI is InChI=1S/C28H44N6O6/c1-16(2)11-21-28(39)32-22(12-19-7-9-20(40-6)10-8-19)27(38)30-18(5)26(37)33-23(17(3)4)14-34(25(36)13-29)15-24(35)31-21/h7-10,16-18,21-23H,11-15,29H2,1-6H3,(H,30,38)(H,31,35)(H,32,39)(H,33,37)/t18-,21+,22+,23-/m1/s1. The molecule has 1 aliphatic heterocycles. The van der Waals surface area contributed by atoms with Crippen molar-refractivity contribution >= 4 is 29.5 Å². The molecule has 0 bridgehead atoms. The fraction of sp³-hybridized carbons (Fsp3) is 0.607. The van der Waals surface area contributed by atoms with Crippen LogP contribution < -0.4 is 31.7 Å². The molecule has 2 rings (SSSR count). The summed E-state index contributed by atoms with van der Waals surface area (Å²) in [5, 5.41) is 11.1. The van der Waals surface area contributed by atoms with E-state index >= 15 is 0 Å². The third-order valence-corrected chi connectivity index (χ3v) is 6.75. The molecule has 12 heteroatoms. The molecule has 1 aliphatic rings. The molecule has 0 saturated carbocycles. The van der Waals surface area contributed by atoms with Crippen LogP contribution in [0.25, 0.3) is 0 Å². The summed E-state index contributed by atoms with van der Waals surface area (Å²) >= 11 is 0. The first-order chi connectivity index (χ1) is 18.8. The lowest BCUT2D eigenvalue weighted by atomic mass is 10.0. The van der Waals surface area contributed by atoms with E-state index in [4.69, 9.17) is 10.5 Å². The minimum Gasteiger partial charge on any atom is -0.497 e. The second-order valence-electron chi connectivity index (χ2n) is 10.9. The predicted octanol–water partition coefficient (Wildman–Crippen LogP) is -0.300. The van der Waals surface area contributed by atoms with Crippen LogP contribution in [0.5, 0.6) is 5.75 Å². The van der Waals surface area contributed by atoms with E-state index in [0.29, 0.717) is 12.2 Å². The molecule has 0 spiro atoms. The molecule has 1 heterocycles. The number of hydrogen-bond donors (Lipinski definition) is 5. The summed E-state index contributed by atoms with van der Waals surface area (Å²) in [6.45, 7) is 8.50. The lowest BCUT2D eigenvalue weighted by Gasteiger charge is -2.31. The van der Waals surface area contributed by atoms with Crippen LogP contribution in [0, 0.1) is 11.8 Å². The van der Waals surface area contributed by atoms with Crippen molar-refractivity contribution in [2.24, 2.45) is 17.6 Å². The van der Waals surface area contributed by atoms with Crippen molar-refractivity contribution in [1.29, 1.82) is 0 Å². The number of nitrogens with zero attached hydrogens (tertiary/aromatic N) is 1. The minimum atomic E-state index is -1.02. The summed E-state index contributed by atoms with van der Waals surface area (Å²) in [5.74, 6) is -1.97. The van der Waals surface area contributed by atoms with Gasteiger partial charge in [0.05, 0.1) is 20.2 Å². The van der Waals surface area contributed by atoms with E-state index in [1.54, 1.807) is 38.3 Å². The summed E-state index contributed by atoms with van der Waals surface area (Å²) in [6.07, 6.45) is 0.454. The average molecular weight is 561 g/mol. The van der Waals surface area contributed by atoms with Gasteiger partial charge in [0.15, 0.2) is 0 Å². The smallest absolute Gasteiger partial charge is 0.243 e. The Kier molecular flexibility index (Phi) is 12.4. The van der Waals surface area contributed by atoms with E-state index in [9.17, 15) is 24.0 Å². The van der Waals surface area contributed by atoms with Crippen LogP contribution in [0.3, 0.4) is 0 Å². The minimum absolute atomic E-state index is 0.0364. The van der Waals surface area contributed by atoms with E-state index in [1.807, 2.05) is 27.7 Å². The molecule has 1 aromatic carbocycles. The lowest BCUT2D eigenvalue weighted by molar-refractivity contribution is -0.137. The van der Waals surface area contributed by atoms with Crippen LogP contribution in [-0.2, 0) is 30.4 Å². The van der Waals surface area contributed by atoms with Crippen LogP contribution in [0.2, 0.25) is 0 Å². The fourth-order valence-electron chi connectivity index (χ4n) is 4.33. The Bertz CT molecular complexity index is 1040. The van der Waals surface area contributed by atoms with Gasteiger partial charge < -0.3 is 36.6 Å². The third kappa shape index (κ3) is 9.82. The van der Waals surface area contributed by atoms with Crippen molar-refractivity contribution in [3.8, 4) is 5.75 Å². The van der Waals surface area contributed by atoms with Crippen LogP contribution in [0.4, 0.5) is 0 Å². The van der Waals surface area contributed by atoms with Crippen molar-refractivity contribution in [2.75, 3.05) is 26.7 Å². The molecule has 0 radical (unpaired) electrons. The van der Waals surface area contributed by atoms with Gasteiger partial charge in [-0.3, -0.25) is 24.0 Å². The van der Waals surface area contributed by atoms with Crippen molar-refractivity contribution in [1.82, 2.24) is 26.2 Å². The first-order valence-electron chi connectivity index (χ1n) is 13.7. The van der Waals surface area contributed by atoms with Gasteiger partial charge in [0.25, 0.3) is 0 Å². The fourth-order valence-corrected chi connectivity index (χ4v) is 4.33. The Morgan fingerprint density at radius 3 is 2.12 bits per heavy atom. The maximum absolute atomic E-state index is 13.4. The summed E-state index contributed by atoms with van der Waals surface area (Å²) in [5.41, 5.74) is 6.36. The van der Waals surface area contributed by atoms with Crippen molar-refractivity contribution in [2.45, 2.75) is 71.6 Å². The Labute approximate surface area is 236 Å². The summed E-state index contributed by atoms with van der Waals surface area (Å²) in [7, 11) is 1.55. The number of nitrogens with one attached hydrogen (secondary N) is 4. The molecule has 0 aromatic heterocycles. The number of benzene rings is 1. The lowest BCUT2D eigenvalue weighted by Crippen LogP contribution is -2.57. The molecule has 1 saturated heterocycles. The molecular formula is C28H44N6O6. The normalized spacial score (nSPS) is 23.5. The van der Waals surface area contributed by atoms with Crippen LogP contribution in [0.1, 0.15) is 46.6 Å². The second kappa shape index (κ2) is 15.2. The van der Waals surface area contributed by atoms with E-state index in [-0.39, 0.29) is 37.9 Å². The van der Waals surface area contributed by atoms with Gasteiger partial charge >= 0.3 is 0 Å². The SMILES string of the molecule is COc1ccc(C[C@@H]2NC(=O)[C@H](CC(C)C)NC(=O)CN(C(=O)CN)C[C@H](C(C)C)NC(=O)[C@@H](C)NC2=O)cc1. The number of amides is 5. The van der Waals surface area contributed by atoms with E-state index in [2.05, 4.69) is 21.3 Å². The zero-order chi connectivity index (χ0) is 30.0. The van der Waals surface area contributed by atoms with Gasteiger partial charge in [-0.25, -0.2) is 0 Å². The molecule has 5 amide bonds. The monoisotopic (exact) mass is 560 g/mol. The van der Waals surface area contributed by atoms with Gasteiger partial charge in [-0.2, -0.15) is 0 Å². The van der Waals surface area contributed by atoms with Crippen LogP contribution in [-0.4, -0.2) is 85.3 Å². The zero-order valence-corrected chi connectivity index (χ0v) is 24.3. The number of rotatable bonds is 7. The number of nitrogens with two attached hydrogens (primary N) is 1. The molecule has 1 fully saturated rings. The Hall–Kier alpha value is -3.67. The maximum atomic E-state index is 13.4. The molecule has 40 heavy (non-hydrogen) atoms. The van der Waals surface area contributed by atoms with Gasteiger partial charge in [-0.05, 0) is 42.9 Å². The summed E-state index contributed by atoms with van der Waals surface area (Å²) in [6, 6.07) is 3.65. The first kappa shape index (κ1) is 32.5. The van der Waals surface area contributed by atoms with Crippen molar-refractivity contribution in [3.63, 3.8) is 0 Å². The maximum Gasteiger partial charge on any atom is 0.243 e. The predicted molar refractivity (Wildman–Crippen MR) is 150 cm³/mol. The van der Waals surface area contributed by atoms with Gasteiger partial charge in [0.1, 0.15) is 23.9 Å². The highest BCUT2D eigenvalue weighted by molar-refractivity contribution is 5.95. The highest BCUT2D eigenvalue weighted by atomic mass is 16.5. The molecule has 222 valence electrons. The van der Waals surface area contributed by atoms with Crippen LogP contribution >= 0.6 is 0 Å². The third-order valence-electron chi connectivity index (χ3n) is 6.75. The van der Waals surface area contributed by atoms with Crippen molar-refractivity contribution < 1.29 is 28.7 Å². The topological polar surface area (TPSA) is 172 Å². The second-order valence-corrected chi connectivity index (χ2v) is 10.9. The quantitative estimate of drug-likeness (QED) is 0.305. The first-order valence-corrected chi connectivity index (χ1v) is 13.7.